The highest BCUT2D eigenvalue weighted by atomic mass is 35.5. The number of aromatic nitrogens is 2. The molecule has 3 aromatic rings. The third-order valence-corrected chi connectivity index (χ3v) is 4.04. The fourth-order valence-corrected chi connectivity index (χ4v) is 2.77. The molecule has 0 bridgehead atoms. The van der Waals surface area contributed by atoms with E-state index in [1.54, 1.807) is 10.7 Å². The van der Waals surface area contributed by atoms with Crippen molar-refractivity contribution < 1.29 is 9.72 Å². The van der Waals surface area contributed by atoms with Crippen molar-refractivity contribution in [2.75, 3.05) is 5.32 Å². The second-order valence-electron chi connectivity index (χ2n) is 5.69. The van der Waals surface area contributed by atoms with E-state index < -0.39 is 10.8 Å². The highest BCUT2D eigenvalue weighted by Crippen LogP contribution is 2.24. The van der Waals surface area contributed by atoms with Gasteiger partial charge >= 0.3 is 0 Å². The van der Waals surface area contributed by atoms with E-state index in [4.69, 9.17) is 11.6 Å². The van der Waals surface area contributed by atoms with Crippen molar-refractivity contribution in [3.05, 3.63) is 86.6 Å². The van der Waals surface area contributed by atoms with Gasteiger partial charge in [-0.1, -0.05) is 41.9 Å². The van der Waals surface area contributed by atoms with Gasteiger partial charge in [-0.05, 0) is 18.6 Å². The van der Waals surface area contributed by atoms with Crippen molar-refractivity contribution >= 4 is 29.0 Å². The molecular formula is C18H15ClN4O3. The second kappa shape index (κ2) is 7.37. The van der Waals surface area contributed by atoms with Crippen LogP contribution in [0, 0.1) is 17.0 Å². The molecule has 8 heteroatoms. The molecule has 1 N–H and O–H groups in total. The number of anilines is 1. The standard InChI is InChI=1S/C18H15ClN4O3/c1-12-9-17(22(21-12)11-13-5-3-2-4-6-13)20-18(24)15-8-7-14(23(25)26)10-16(15)19/h2-10H,11H2,1H3,(H,20,24). The zero-order valence-electron chi connectivity index (χ0n) is 13.8. The van der Waals surface area contributed by atoms with Gasteiger partial charge < -0.3 is 5.32 Å². The Hall–Kier alpha value is -3.19. The molecule has 0 fully saturated rings. The fourth-order valence-electron chi connectivity index (χ4n) is 2.51. The Morgan fingerprint density at radius 3 is 2.62 bits per heavy atom. The van der Waals surface area contributed by atoms with Crippen LogP contribution < -0.4 is 5.32 Å². The molecule has 1 aromatic heterocycles. The third-order valence-electron chi connectivity index (χ3n) is 3.73. The number of benzene rings is 2. The van der Waals surface area contributed by atoms with Gasteiger partial charge in [-0.15, -0.1) is 0 Å². The molecular weight excluding hydrogens is 356 g/mol. The third kappa shape index (κ3) is 3.89. The summed E-state index contributed by atoms with van der Waals surface area (Å²) in [7, 11) is 0. The van der Waals surface area contributed by atoms with Crippen molar-refractivity contribution in [3.8, 4) is 0 Å². The van der Waals surface area contributed by atoms with Crippen LogP contribution in [0.1, 0.15) is 21.6 Å². The molecule has 0 spiro atoms. The van der Waals surface area contributed by atoms with Crippen LogP contribution in [0.5, 0.6) is 0 Å². The number of nitro benzene ring substituents is 1. The molecule has 1 amide bonds. The molecule has 0 saturated heterocycles. The number of carbonyl (C=O) groups is 1. The number of hydrogen-bond donors (Lipinski definition) is 1. The van der Waals surface area contributed by atoms with Gasteiger partial charge in [-0.2, -0.15) is 5.10 Å². The predicted octanol–water partition coefficient (Wildman–Crippen LogP) is 4.05. The Morgan fingerprint density at radius 1 is 1.23 bits per heavy atom. The molecule has 2 aromatic carbocycles. The predicted molar refractivity (Wildman–Crippen MR) is 98.6 cm³/mol. The lowest BCUT2D eigenvalue weighted by Crippen LogP contribution is -2.16. The molecule has 0 aliphatic rings. The smallest absolute Gasteiger partial charge is 0.270 e. The summed E-state index contributed by atoms with van der Waals surface area (Å²) in [6.07, 6.45) is 0. The van der Waals surface area contributed by atoms with Gasteiger partial charge in [0, 0.05) is 18.2 Å². The number of nitrogens with one attached hydrogen (secondary N) is 1. The minimum Gasteiger partial charge on any atom is -0.307 e. The van der Waals surface area contributed by atoms with E-state index in [9.17, 15) is 14.9 Å². The maximum Gasteiger partial charge on any atom is 0.270 e. The van der Waals surface area contributed by atoms with E-state index in [1.807, 2.05) is 37.3 Å². The van der Waals surface area contributed by atoms with E-state index in [1.165, 1.54) is 12.1 Å². The number of nitrogens with zero attached hydrogens (tertiary/aromatic N) is 3. The van der Waals surface area contributed by atoms with Gasteiger partial charge in [-0.25, -0.2) is 4.68 Å². The zero-order chi connectivity index (χ0) is 18.7. The van der Waals surface area contributed by atoms with E-state index in [0.29, 0.717) is 12.4 Å². The monoisotopic (exact) mass is 370 g/mol. The van der Waals surface area contributed by atoms with Gasteiger partial charge in [0.05, 0.1) is 27.7 Å². The molecule has 132 valence electrons. The number of amides is 1. The Labute approximate surface area is 154 Å². The van der Waals surface area contributed by atoms with Gasteiger partial charge in [0.15, 0.2) is 0 Å². The molecule has 3 rings (SSSR count). The maximum absolute atomic E-state index is 12.5. The number of aryl methyl sites for hydroxylation is 1. The first-order valence-corrected chi connectivity index (χ1v) is 8.15. The second-order valence-corrected chi connectivity index (χ2v) is 6.10. The molecule has 0 atom stereocenters. The highest BCUT2D eigenvalue weighted by molar-refractivity contribution is 6.34. The van der Waals surface area contributed by atoms with Crippen molar-refractivity contribution in [3.63, 3.8) is 0 Å². The maximum atomic E-state index is 12.5. The number of nitro groups is 1. The summed E-state index contributed by atoms with van der Waals surface area (Å²) in [5.74, 6) is 0.0601. The summed E-state index contributed by atoms with van der Waals surface area (Å²) in [6.45, 7) is 2.33. The van der Waals surface area contributed by atoms with Crippen LogP contribution in [0.15, 0.2) is 54.6 Å². The average molecular weight is 371 g/mol. The first-order chi connectivity index (χ1) is 12.4. The molecule has 0 saturated carbocycles. The summed E-state index contributed by atoms with van der Waals surface area (Å²) in [6, 6.07) is 15.2. The minimum absolute atomic E-state index is 0.0162. The van der Waals surface area contributed by atoms with Crippen molar-refractivity contribution in [2.24, 2.45) is 0 Å². The van der Waals surface area contributed by atoms with E-state index in [2.05, 4.69) is 10.4 Å². The number of halogens is 1. The van der Waals surface area contributed by atoms with Gasteiger partial charge in [0.2, 0.25) is 0 Å². The lowest BCUT2D eigenvalue weighted by atomic mass is 10.2. The van der Waals surface area contributed by atoms with Crippen LogP contribution in [0.25, 0.3) is 0 Å². The molecule has 0 aliphatic heterocycles. The zero-order valence-corrected chi connectivity index (χ0v) is 14.6. The van der Waals surface area contributed by atoms with Gasteiger partial charge in [-0.3, -0.25) is 14.9 Å². The lowest BCUT2D eigenvalue weighted by molar-refractivity contribution is -0.384. The van der Waals surface area contributed by atoms with Crippen LogP contribution >= 0.6 is 11.6 Å². The van der Waals surface area contributed by atoms with E-state index in [0.717, 1.165) is 17.3 Å². The number of non-ortho nitro benzene ring substituents is 1. The Balaban J connectivity index is 1.83. The molecule has 0 radical (unpaired) electrons. The van der Waals surface area contributed by atoms with Crippen molar-refractivity contribution in [1.29, 1.82) is 0 Å². The normalized spacial score (nSPS) is 10.5. The van der Waals surface area contributed by atoms with E-state index >= 15 is 0 Å². The quantitative estimate of drug-likeness (QED) is 0.541. The average Bonchev–Trinajstić information content (AvgIpc) is 2.94. The number of rotatable bonds is 5. The van der Waals surface area contributed by atoms with Crippen LogP contribution in [0.2, 0.25) is 5.02 Å². The minimum atomic E-state index is -0.564. The van der Waals surface area contributed by atoms with Crippen LogP contribution in [-0.4, -0.2) is 20.6 Å². The molecule has 1 heterocycles. The topological polar surface area (TPSA) is 90.1 Å². The van der Waals surface area contributed by atoms with Crippen molar-refractivity contribution in [1.82, 2.24) is 9.78 Å². The Bertz CT molecular complexity index is 970. The summed E-state index contributed by atoms with van der Waals surface area (Å²) < 4.78 is 1.68. The molecule has 0 unspecified atom stereocenters. The first kappa shape index (κ1) is 17.6. The summed E-state index contributed by atoms with van der Waals surface area (Å²) in [5, 5.41) is 18.0. The van der Waals surface area contributed by atoms with Crippen molar-refractivity contribution in [2.45, 2.75) is 13.5 Å². The molecule has 7 nitrogen and oxygen atoms in total. The Morgan fingerprint density at radius 2 is 1.96 bits per heavy atom. The largest absolute Gasteiger partial charge is 0.307 e. The number of hydrogen-bond acceptors (Lipinski definition) is 4. The number of carbonyl (C=O) groups excluding carboxylic acids is 1. The molecule has 26 heavy (non-hydrogen) atoms. The molecule has 0 aliphatic carbocycles. The summed E-state index contributed by atoms with van der Waals surface area (Å²) in [4.78, 5) is 22.7. The summed E-state index contributed by atoms with van der Waals surface area (Å²) in [5.41, 5.74) is 1.78. The first-order valence-electron chi connectivity index (χ1n) is 7.77. The van der Waals surface area contributed by atoms with Crippen LogP contribution in [-0.2, 0) is 6.54 Å². The van der Waals surface area contributed by atoms with E-state index in [-0.39, 0.29) is 16.3 Å². The summed E-state index contributed by atoms with van der Waals surface area (Å²) >= 11 is 6.02. The SMILES string of the molecule is Cc1cc(NC(=O)c2ccc([N+](=O)[O-])cc2Cl)n(Cc2ccccc2)n1. The Kier molecular flexibility index (Phi) is 4.99. The van der Waals surface area contributed by atoms with Crippen LogP contribution in [0.3, 0.4) is 0 Å². The van der Waals surface area contributed by atoms with Crippen LogP contribution in [0.4, 0.5) is 11.5 Å². The van der Waals surface area contributed by atoms with Gasteiger partial charge in [0.1, 0.15) is 5.82 Å². The lowest BCUT2D eigenvalue weighted by Gasteiger charge is -2.10. The fraction of sp³-hybridized carbons (Fsp3) is 0.111. The van der Waals surface area contributed by atoms with Gasteiger partial charge in [0.25, 0.3) is 11.6 Å². The highest BCUT2D eigenvalue weighted by Gasteiger charge is 2.17.